The van der Waals surface area contributed by atoms with Crippen molar-refractivity contribution in [2.24, 2.45) is 0 Å². The largest absolute Gasteiger partial charge is 0.382 e. The van der Waals surface area contributed by atoms with Crippen molar-refractivity contribution in [3.8, 4) is 0 Å². The predicted octanol–water partition coefficient (Wildman–Crippen LogP) is 4.54. The van der Waals surface area contributed by atoms with Crippen molar-refractivity contribution in [2.45, 2.75) is 32.3 Å². The zero-order chi connectivity index (χ0) is 14.7. The first-order chi connectivity index (χ1) is 10.3. The average Bonchev–Trinajstić information content (AvgIpc) is 2.53. The van der Waals surface area contributed by atoms with Crippen LogP contribution in [0.15, 0.2) is 48.5 Å². The fourth-order valence-corrected chi connectivity index (χ4v) is 3.01. The second kappa shape index (κ2) is 6.31. The van der Waals surface area contributed by atoms with Gasteiger partial charge in [-0.2, -0.15) is 0 Å². The zero-order valence-electron chi connectivity index (χ0n) is 12.8. The molecule has 21 heavy (non-hydrogen) atoms. The molecule has 0 aromatic heterocycles. The predicted molar refractivity (Wildman–Crippen MR) is 87.9 cm³/mol. The van der Waals surface area contributed by atoms with Crippen LogP contribution in [0, 0.1) is 0 Å². The summed E-state index contributed by atoms with van der Waals surface area (Å²) in [6, 6.07) is 17.2. The van der Waals surface area contributed by atoms with Crippen molar-refractivity contribution < 1.29 is 4.74 Å². The molecule has 0 aliphatic carbocycles. The second-order valence-electron chi connectivity index (χ2n) is 5.93. The van der Waals surface area contributed by atoms with E-state index in [9.17, 15) is 0 Å². The van der Waals surface area contributed by atoms with Crippen LogP contribution in [-0.4, -0.2) is 13.2 Å². The minimum Gasteiger partial charge on any atom is -0.382 e. The Morgan fingerprint density at radius 2 is 1.86 bits per heavy atom. The lowest BCUT2D eigenvalue weighted by atomic mass is 9.97. The van der Waals surface area contributed by atoms with Gasteiger partial charge in [-0.15, -0.1) is 0 Å². The Labute approximate surface area is 127 Å². The van der Waals surface area contributed by atoms with Crippen molar-refractivity contribution in [2.75, 3.05) is 18.5 Å². The number of nitrogens with one attached hydrogen (secondary N) is 1. The van der Waals surface area contributed by atoms with E-state index in [1.54, 1.807) is 0 Å². The lowest BCUT2D eigenvalue weighted by Crippen LogP contribution is -2.23. The van der Waals surface area contributed by atoms with Gasteiger partial charge in [0.15, 0.2) is 0 Å². The molecule has 1 atom stereocenters. The Bertz CT molecular complexity index is 606. The monoisotopic (exact) mass is 281 g/mol. The Balaban J connectivity index is 1.75. The third-order valence-electron chi connectivity index (χ3n) is 4.15. The number of anilines is 1. The molecule has 0 spiro atoms. The van der Waals surface area contributed by atoms with Gasteiger partial charge in [-0.05, 0) is 35.1 Å². The van der Waals surface area contributed by atoms with Crippen LogP contribution >= 0.6 is 0 Å². The van der Waals surface area contributed by atoms with Crippen LogP contribution in [0.5, 0.6) is 0 Å². The molecule has 2 aromatic carbocycles. The molecule has 110 valence electrons. The van der Waals surface area contributed by atoms with Gasteiger partial charge in [-0.3, -0.25) is 0 Å². The van der Waals surface area contributed by atoms with Gasteiger partial charge in [0.1, 0.15) is 0 Å². The van der Waals surface area contributed by atoms with Crippen molar-refractivity contribution in [3.05, 3.63) is 65.2 Å². The molecule has 0 amide bonds. The van der Waals surface area contributed by atoms with Crippen molar-refractivity contribution in [1.29, 1.82) is 0 Å². The van der Waals surface area contributed by atoms with Crippen LogP contribution in [0.2, 0.25) is 0 Å². The summed E-state index contributed by atoms with van der Waals surface area (Å²) in [7, 11) is 0. The van der Waals surface area contributed by atoms with Crippen LogP contribution in [0.4, 0.5) is 5.69 Å². The van der Waals surface area contributed by atoms with E-state index in [2.05, 4.69) is 67.7 Å². The van der Waals surface area contributed by atoms with Gasteiger partial charge in [0.2, 0.25) is 0 Å². The molecule has 1 aliphatic heterocycles. The summed E-state index contributed by atoms with van der Waals surface area (Å²) in [6.07, 6.45) is 1.17. The molecular weight excluding hydrogens is 258 g/mol. The highest BCUT2D eigenvalue weighted by Crippen LogP contribution is 2.29. The van der Waals surface area contributed by atoms with Gasteiger partial charge < -0.3 is 10.1 Å². The number of benzene rings is 2. The van der Waals surface area contributed by atoms with E-state index in [0.717, 1.165) is 19.6 Å². The highest BCUT2D eigenvalue weighted by Gasteiger charge is 2.20. The number of hydrogen-bond donors (Lipinski definition) is 1. The minimum absolute atomic E-state index is 0.148. The van der Waals surface area contributed by atoms with Gasteiger partial charge >= 0.3 is 0 Å². The highest BCUT2D eigenvalue weighted by atomic mass is 16.5. The average molecular weight is 281 g/mol. The molecule has 0 saturated heterocycles. The molecule has 0 saturated carbocycles. The van der Waals surface area contributed by atoms with E-state index in [-0.39, 0.29) is 6.10 Å². The van der Waals surface area contributed by atoms with Crippen LogP contribution in [0.25, 0.3) is 0 Å². The molecule has 2 aromatic rings. The fraction of sp³-hybridized carbons (Fsp3) is 0.368. The van der Waals surface area contributed by atoms with E-state index >= 15 is 0 Å². The standard InChI is InChI=1S/C19H23NO/c1-14(2)16-8-5-6-10-18(16)20-13-19-17-9-4-3-7-15(17)11-12-21-19/h3-10,14,19-20H,11-13H2,1-2H3. The molecule has 2 nitrogen and oxygen atoms in total. The Morgan fingerprint density at radius 1 is 1.10 bits per heavy atom. The number of ether oxygens (including phenoxy) is 1. The van der Waals surface area contributed by atoms with Gasteiger partial charge in [-0.25, -0.2) is 0 Å². The van der Waals surface area contributed by atoms with Crippen molar-refractivity contribution in [3.63, 3.8) is 0 Å². The van der Waals surface area contributed by atoms with E-state index in [0.29, 0.717) is 5.92 Å². The molecule has 1 heterocycles. The summed E-state index contributed by atoms with van der Waals surface area (Å²) in [5.41, 5.74) is 5.34. The number of para-hydroxylation sites is 1. The Kier molecular flexibility index (Phi) is 4.26. The lowest BCUT2D eigenvalue weighted by molar-refractivity contribution is 0.0513. The first-order valence-electron chi connectivity index (χ1n) is 7.78. The Morgan fingerprint density at radius 3 is 2.71 bits per heavy atom. The lowest BCUT2D eigenvalue weighted by Gasteiger charge is -2.27. The van der Waals surface area contributed by atoms with Crippen LogP contribution in [-0.2, 0) is 11.2 Å². The van der Waals surface area contributed by atoms with E-state index in [1.165, 1.54) is 22.4 Å². The van der Waals surface area contributed by atoms with Crippen LogP contribution in [0.1, 0.15) is 42.6 Å². The number of rotatable bonds is 4. The quantitative estimate of drug-likeness (QED) is 0.888. The van der Waals surface area contributed by atoms with Gasteiger partial charge in [0, 0.05) is 12.2 Å². The summed E-state index contributed by atoms with van der Waals surface area (Å²) in [4.78, 5) is 0. The number of hydrogen-bond acceptors (Lipinski definition) is 2. The minimum atomic E-state index is 0.148. The van der Waals surface area contributed by atoms with Gasteiger partial charge in [-0.1, -0.05) is 56.3 Å². The van der Waals surface area contributed by atoms with Crippen molar-refractivity contribution >= 4 is 5.69 Å². The maximum Gasteiger partial charge on any atom is 0.0999 e. The summed E-state index contributed by atoms with van der Waals surface area (Å²) in [6.45, 7) is 6.09. The van der Waals surface area contributed by atoms with Crippen molar-refractivity contribution in [1.82, 2.24) is 0 Å². The SMILES string of the molecule is CC(C)c1ccccc1NCC1OCCc2ccccc21. The fourth-order valence-electron chi connectivity index (χ4n) is 3.01. The van der Waals surface area contributed by atoms with E-state index in [4.69, 9.17) is 4.74 Å². The second-order valence-corrected chi connectivity index (χ2v) is 5.93. The first-order valence-corrected chi connectivity index (χ1v) is 7.78. The van der Waals surface area contributed by atoms with E-state index in [1.807, 2.05) is 0 Å². The topological polar surface area (TPSA) is 21.3 Å². The van der Waals surface area contributed by atoms with Crippen LogP contribution in [0.3, 0.4) is 0 Å². The molecule has 2 heteroatoms. The smallest absolute Gasteiger partial charge is 0.0999 e. The van der Waals surface area contributed by atoms with Gasteiger partial charge in [0.25, 0.3) is 0 Å². The summed E-state index contributed by atoms with van der Waals surface area (Å²) in [5.74, 6) is 0.522. The summed E-state index contributed by atoms with van der Waals surface area (Å²) >= 11 is 0. The molecule has 1 N–H and O–H groups in total. The molecular formula is C19H23NO. The molecule has 1 aliphatic rings. The molecule has 3 rings (SSSR count). The zero-order valence-corrected chi connectivity index (χ0v) is 12.8. The van der Waals surface area contributed by atoms with E-state index < -0.39 is 0 Å². The third kappa shape index (κ3) is 3.11. The molecule has 0 bridgehead atoms. The maximum atomic E-state index is 5.96. The normalized spacial score (nSPS) is 17.6. The Hall–Kier alpha value is -1.80. The summed E-state index contributed by atoms with van der Waals surface area (Å²) in [5, 5.41) is 3.58. The highest BCUT2D eigenvalue weighted by molar-refractivity contribution is 5.52. The number of fused-ring (bicyclic) bond motifs is 1. The molecule has 0 fully saturated rings. The first kappa shape index (κ1) is 14.2. The molecule has 0 radical (unpaired) electrons. The maximum absolute atomic E-state index is 5.96. The summed E-state index contributed by atoms with van der Waals surface area (Å²) < 4.78 is 5.96. The van der Waals surface area contributed by atoms with Gasteiger partial charge in [0.05, 0.1) is 12.7 Å². The molecule has 1 unspecified atom stereocenters. The third-order valence-corrected chi connectivity index (χ3v) is 4.15. The van der Waals surface area contributed by atoms with Crippen LogP contribution < -0.4 is 5.32 Å².